The number of carbonyl (C=O) groups excluding carboxylic acids is 1. The number of halogens is 5. The first-order valence-electron chi connectivity index (χ1n) is 5.88. The van der Waals surface area contributed by atoms with E-state index in [1.54, 1.807) is 0 Å². The second-order valence-electron chi connectivity index (χ2n) is 4.11. The van der Waals surface area contributed by atoms with Crippen molar-refractivity contribution in [3.05, 3.63) is 46.4 Å². The predicted octanol–water partition coefficient (Wildman–Crippen LogP) is 3.87. The average molecular weight is 351 g/mol. The molecule has 2 rings (SSSR count). The molecule has 0 unspecified atom stereocenters. The smallest absolute Gasteiger partial charge is 0.435 e. The summed E-state index contributed by atoms with van der Waals surface area (Å²) in [4.78, 5) is 11.6. The molecule has 0 bridgehead atoms. The summed E-state index contributed by atoms with van der Waals surface area (Å²) in [7, 11) is 0.967. The third-order valence-corrected chi connectivity index (χ3v) is 2.87. The van der Waals surface area contributed by atoms with E-state index in [1.807, 2.05) is 0 Å². The zero-order chi connectivity index (χ0) is 17.2. The highest BCUT2D eigenvalue weighted by Crippen LogP contribution is 2.33. The number of alkyl halides is 3. The number of esters is 1. The van der Waals surface area contributed by atoms with Crippen LogP contribution in [0.3, 0.4) is 0 Å². The van der Waals surface area contributed by atoms with Crippen molar-refractivity contribution in [3.8, 4) is 11.6 Å². The molecule has 0 saturated heterocycles. The Morgan fingerprint density at radius 3 is 2.52 bits per heavy atom. The van der Waals surface area contributed by atoms with E-state index in [0.29, 0.717) is 6.07 Å². The van der Waals surface area contributed by atoms with Crippen LogP contribution in [0.1, 0.15) is 16.1 Å². The first-order chi connectivity index (χ1) is 10.7. The number of hydrogen-bond acceptors (Lipinski definition) is 5. The summed E-state index contributed by atoms with van der Waals surface area (Å²) in [5.41, 5.74) is -2.04. The van der Waals surface area contributed by atoms with E-state index < -0.39 is 35.1 Å². The monoisotopic (exact) mass is 350 g/mol. The first kappa shape index (κ1) is 16.9. The van der Waals surface area contributed by atoms with Crippen LogP contribution in [0.4, 0.5) is 17.6 Å². The van der Waals surface area contributed by atoms with Crippen molar-refractivity contribution in [1.82, 2.24) is 10.2 Å². The van der Waals surface area contributed by atoms with E-state index >= 15 is 0 Å². The molecule has 0 aliphatic heterocycles. The lowest BCUT2D eigenvalue weighted by Gasteiger charge is -2.11. The second kappa shape index (κ2) is 6.37. The number of aromatic nitrogens is 2. The van der Waals surface area contributed by atoms with E-state index in [2.05, 4.69) is 14.9 Å². The van der Waals surface area contributed by atoms with Crippen LogP contribution in [0, 0.1) is 5.82 Å². The third kappa shape index (κ3) is 3.86. The van der Waals surface area contributed by atoms with Gasteiger partial charge in [0.05, 0.1) is 12.1 Å². The molecule has 0 fully saturated rings. The van der Waals surface area contributed by atoms with E-state index in [1.165, 1.54) is 6.07 Å². The minimum absolute atomic E-state index is 0.0380. The topological polar surface area (TPSA) is 61.3 Å². The number of nitrogens with zero attached hydrogens (tertiary/aromatic N) is 2. The van der Waals surface area contributed by atoms with Gasteiger partial charge in [0.2, 0.25) is 0 Å². The zero-order valence-electron chi connectivity index (χ0n) is 11.3. The highest BCUT2D eigenvalue weighted by molar-refractivity contribution is 6.32. The van der Waals surface area contributed by atoms with Crippen molar-refractivity contribution in [2.24, 2.45) is 0 Å². The van der Waals surface area contributed by atoms with Crippen LogP contribution in [0.25, 0.3) is 0 Å². The summed E-state index contributed by atoms with van der Waals surface area (Å²) in [5.74, 6) is -2.68. The summed E-state index contributed by atoms with van der Waals surface area (Å²) in [6.07, 6.45) is -4.81. The fourth-order valence-corrected chi connectivity index (χ4v) is 1.67. The molecule has 0 N–H and O–H groups in total. The number of carbonyl (C=O) groups is 1. The van der Waals surface area contributed by atoms with Gasteiger partial charge in [-0.2, -0.15) is 13.2 Å². The minimum Gasteiger partial charge on any atom is -0.465 e. The Bertz CT molecular complexity index is 752. The minimum atomic E-state index is -4.81. The fraction of sp³-hybridized carbons (Fsp3) is 0.154. The number of benzene rings is 1. The normalized spacial score (nSPS) is 11.2. The lowest BCUT2D eigenvalue weighted by molar-refractivity contribution is -0.141. The second-order valence-corrected chi connectivity index (χ2v) is 4.52. The molecule has 1 heterocycles. The van der Waals surface area contributed by atoms with Crippen molar-refractivity contribution >= 4 is 17.6 Å². The van der Waals surface area contributed by atoms with Gasteiger partial charge in [-0.05, 0) is 18.2 Å². The molecule has 122 valence electrons. The lowest BCUT2D eigenvalue weighted by atomic mass is 10.2. The van der Waals surface area contributed by atoms with Gasteiger partial charge in [-0.1, -0.05) is 11.6 Å². The lowest BCUT2D eigenvalue weighted by Crippen LogP contribution is -2.14. The van der Waals surface area contributed by atoms with Crippen LogP contribution < -0.4 is 4.74 Å². The highest BCUT2D eigenvalue weighted by atomic mass is 35.5. The molecule has 0 spiro atoms. The first-order valence-corrected chi connectivity index (χ1v) is 6.26. The molecule has 0 radical (unpaired) electrons. The molecule has 2 aromatic rings. The molecule has 23 heavy (non-hydrogen) atoms. The van der Waals surface area contributed by atoms with Crippen LogP contribution in [-0.2, 0) is 10.9 Å². The standard InChI is InChI=1S/C13H7ClF4N2O3/c1-22-12(21)7-5-10(13(16,17)18)19-20-11(7)23-9-4-6(15)2-3-8(9)14/h2-5H,1H3. The van der Waals surface area contributed by atoms with Gasteiger partial charge in [-0.25, -0.2) is 9.18 Å². The Kier molecular flexibility index (Phi) is 4.69. The van der Waals surface area contributed by atoms with E-state index in [9.17, 15) is 22.4 Å². The maximum atomic E-state index is 13.2. The van der Waals surface area contributed by atoms with Gasteiger partial charge in [0.15, 0.2) is 11.4 Å². The average Bonchev–Trinajstić information content (AvgIpc) is 2.49. The van der Waals surface area contributed by atoms with Crippen molar-refractivity contribution in [3.63, 3.8) is 0 Å². The van der Waals surface area contributed by atoms with Gasteiger partial charge in [0.25, 0.3) is 5.88 Å². The summed E-state index contributed by atoms with van der Waals surface area (Å²) in [6.45, 7) is 0. The Morgan fingerprint density at radius 1 is 1.22 bits per heavy atom. The number of rotatable bonds is 3. The molecule has 0 aliphatic rings. The van der Waals surface area contributed by atoms with Crippen molar-refractivity contribution < 1.29 is 31.8 Å². The van der Waals surface area contributed by atoms with Gasteiger partial charge >= 0.3 is 12.1 Å². The van der Waals surface area contributed by atoms with Crippen LogP contribution >= 0.6 is 11.6 Å². The summed E-state index contributed by atoms with van der Waals surface area (Å²) < 4.78 is 60.6. The van der Waals surface area contributed by atoms with Crippen LogP contribution in [0.5, 0.6) is 11.6 Å². The number of methoxy groups -OCH3 is 1. The molecule has 0 atom stereocenters. The Balaban J connectivity index is 2.49. The summed E-state index contributed by atoms with van der Waals surface area (Å²) >= 11 is 5.78. The molecule has 1 aromatic carbocycles. The number of hydrogen-bond donors (Lipinski definition) is 0. The Hall–Kier alpha value is -2.42. The van der Waals surface area contributed by atoms with E-state index in [4.69, 9.17) is 16.3 Å². The zero-order valence-corrected chi connectivity index (χ0v) is 12.1. The van der Waals surface area contributed by atoms with Gasteiger partial charge < -0.3 is 9.47 Å². The maximum Gasteiger partial charge on any atom is 0.435 e. The summed E-state index contributed by atoms with van der Waals surface area (Å²) in [6, 6.07) is 3.51. The third-order valence-electron chi connectivity index (χ3n) is 2.56. The highest BCUT2D eigenvalue weighted by Gasteiger charge is 2.35. The van der Waals surface area contributed by atoms with Crippen molar-refractivity contribution in [2.45, 2.75) is 6.18 Å². The Morgan fingerprint density at radius 2 is 1.91 bits per heavy atom. The van der Waals surface area contributed by atoms with Gasteiger partial charge in [-0.15, -0.1) is 10.2 Å². The SMILES string of the molecule is COC(=O)c1cc(C(F)(F)F)nnc1Oc1cc(F)ccc1Cl. The molecule has 5 nitrogen and oxygen atoms in total. The van der Waals surface area contributed by atoms with Gasteiger partial charge in [0.1, 0.15) is 11.4 Å². The molecule has 0 aliphatic carbocycles. The van der Waals surface area contributed by atoms with E-state index in [0.717, 1.165) is 19.2 Å². The van der Waals surface area contributed by atoms with Gasteiger partial charge in [-0.3, -0.25) is 0 Å². The van der Waals surface area contributed by atoms with Gasteiger partial charge in [0, 0.05) is 6.07 Å². The maximum absolute atomic E-state index is 13.2. The van der Waals surface area contributed by atoms with Crippen LogP contribution in [0.2, 0.25) is 5.02 Å². The fourth-order valence-electron chi connectivity index (χ4n) is 1.51. The van der Waals surface area contributed by atoms with Crippen LogP contribution in [0.15, 0.2) is 24.3 Å². The van der Waals surface area contributed by atoms with Crippen LogP contribution in [-0.4, -0.2) is 23.3 Å². The molecule has 0 saturated carbocycles. The quantitative estimate of drug-likeness (QED) is 0.621. The predicted molar refractivity (Wildman–Crippen MR) is 69.9 cm³/mol. The molecule has 10 heteroatoms. The molecule has 1 aromatic heterocycles. The van der Waals surface area contributed by atoms with Crippen molar-refractivity contribution in [1.29, 1.82) is 0 Å². The Labute approximate surface area is 131 Å². The molecule has 0 amide bonds. The van der Waals surface area contributed by atoms with E-state index in [-0.39, 0.29) is 10.8 Å². The summed E-state index contributed by atoms with van der Waals surface area (Å²) in [5, 5.41) is 6.10. The largest absolute Gasteiger partial charge is 0.465 e. The van der Waals surface area contributed by atoms with Crippen molar-refractivity contribution in [2.75, 3.05) is 7.11 Å². The molecular weight excluding hydrogens is 344 g/mol. The number of ether oxygens (including phenoxy) is 2. The molecular formula is C13H7ClF4N2O3.